The third-order valence-corrected chi connectivity index (χ3v) is 4.94. The fourth-order valence-electron chi connectivity index (χ4n) is 2.78. The molecular formula is C18H24N2OS. The van der Waals surface area contributed by atoms with Crippen LogP contribution in [0.4, 0.5) is 5.69 Å². The largest absolute Gasteiger partial charge is 0.377 e. The fourth-order valence-corrected chi connectivity index (χ4v) is 3.54. The van der Waals surface area contributed by atoms with E-state index >= 15 is 0 Å². The van der Waals surface area contributed by atoms with Gasteiger partial charge in [-0.25, -0.2) is 0 Å². The van der Waals surface area contributed by atoms with Crippen molar-refractivity contribution in [1.29, 1.82) is 0 Å². The van der Waals surface area contributed by atoms with Crippen LogP contribution in [0.5, 0.6) is 0 Å². The molecule has 2 heterocycles. The van der Waals surface area contributed by atoms with Gasteiger partial charge in [-0.2, -0.15) is 0 Å². The van der Waals surface area contributed by atoms with E-state index in [2.05, 4.69) is 59.0 Å². The molecule has 118 valence electrons. The van der Waals surface area contributed by atoms with Crippen molar-refractivity contribution in [2.45, 2.75) is 32.0 Å². The van der Waals surface area contributed by atoms with E-state index in [1.165, 1.54) is 29.0 Å². The number of nitrogens with one attached hydrogen (secondary N) is 1. The van der Waals surface area contributed by atoms with Gasteiger partial charge in [-0.05, 0) is 42.0 Å². The van der Waals surface area contributed by atoms with Gasteiger partial charge >= 0.3 is 0 Å². The van der Waals surface area contributed by atoms with E-state index in [0.717, 1.165) is 26.2 Å². The summed E-state index contributed by atoms with van der Waals surface area (Å²) in [5.74, 6) is 0. The van der Waals surface area contributed by atoms with Crippen LogP contribution in [-0.2, 0) is 17.8 Å². The number of benzene rings is 1. The predicted octanol–water partition coefficient (Wildman–Crippen LogP) is 3.65. The van der Waals surface area contributed by atoms with Crippen molar-refractivity contribution in [3.8, 4) is 0 Å². The molecule has 0 saturated carbocycles. The van der Waals surface area contributed by atoms with E-state index < -0.39 is 0 Å². The molecule has 1 fully saturated rings. The number of thiophene rings is 1. The first-order valence-corrected chi connectivity index (χ1v) is 8.84. The summed E-state index contributed by atoms with van der Waals surface area (Å²) in [7, 11) is 2.14. The molecule has 0 bridgehead atoms. The highest BCUT2D eigenvalue weighted by Gasteiger charge is 2.14. The zero-order valence-electron chi connectivity index (χ0n) is 13.1. The zero-order valence-corrected chi connectivity index (χ0v) is 13.9. The Bertz CT molecular complexity index is 547. The third kappa shape index (κ3) is 4.32. The maximum Gasteiger partial charge on any atom is 0.0700 e. The Kier molecular flexibility index (Phi) is 5.48. The van der Waals surface area contributed by atoms with Crippen LogP contribution in [0.1, 0.15) is 23.3 Å². The average Bonchev–Trinajstić information content (AvgIpc) is 3.21. The summed E-state index contributed by atoms with van der Waals surface area (Å²) in [5, 5.41) is 5.62. The maximum atomic E-state index is 5.62. The van der Waals surface area contributed by atoms with Crippen LogP contribution in [0.3, 0.4) is 0 Å². The molecule has 0 radical (unpaired) electrons. The molecule has 3 rings (SSSR count). The molecule has 4 heteroatoms. The first kappa shape index (κ1) is 15.5. The molecule has 1 aliphatic heterocycles. The van der Waals surface area contributed by atoms with E-state index in [0.29, 0.717) is 6.10 Å². The molecule has 0 amide bonds. The molecule has 1 aromatic heterocycles. The number of hydrogen-bond acceptors (Lipinski definition) is 4. The van der Waals surface area contributed by atoms with Gasteiger partial charge in [0.05, 0.1) is 12.6 Å². The quantitative estimate of drug-likeness (QED) is 0.844. The van der Waals surface area contributed by atoms with Gasteiger partial charge in [-0.15, -0.1) is 11.3 Å². The first-order valence-electron chi connectivity index (χ1n) is 7.96. The van der Waals surface area contributed by atoms with Crippen molar-refractivity contribution in [3.63, 3.8) is 0 Å². The van der Waals surface area contributed by atoms with E-state index in [9.17, 15) is 0 Å². The molecule has 3 nitrogen and oxygen atoms in total. The van der Waals surface area contributed by atoms with Crippen LogP contribution >= 0.6 is 11.3 Å². The minimum Gasteiger partial charge on any atom is -0.377 e. The zero-order chi connectivity index (χ0) is 15.2. The summed E-state index contributed by atoms with van der Waals surface area (Å²) in [4.78, 5) is 3.68. The van der Waals surface area contributed by atoms with Gasteiger partial charge in [-0.3, -0.25) is 0 Å². The Hall–Kier alpha value is -1.36. The van der Waals surface area contributed by atoms with Crippen LogP contribution in [0, 0.1) is 0 Å². The summed E-state index contributed by atoms with van der Waals surface area (Å²) in [6.07, 6.45) is 2.81. The minimum absolute atomic E-state index is 0.413. The van der Waals surface area contributed by atoms with Gasteiger partial charge in [0.1, 0.15) is 0 Å². The lowest BCUT2D eigenvalue weighted by Crippen LogP contribution is -2.25. The van der Waals surface area contributed by atoms with Crippen LogP contribution in [0.2, 0.25) is 0 Å². The molecule has 22 heavy (non-hydrogen) atoms. The van der Waals surface area contributed by atoms with Crippen LogP contribution in [0.15, 0.2) is 41.8 Å². The van der Waals surface area contributed by atoms with Gasteiger partial charge in [0.25, 0.3) is 0 Å². The van der Waals surface area contributed by atoms with Crippen molar-refractivity contribution in [1.82, 2.24) is 5.32 Å². The lowest BCUT2D eigenvalue weighted by Gasteiger charge is -2.19. The second-order valence-electron chi connectivity index (χ2n) is 5.87. The Morgan fingerprint density at radius 2 is 2.14 bits per heavy atom. The number of hydrogen-bond donors (Lipinski definition) is 1. The molecule has 1 aromatic carbocycles. The predicted molar refractivity (Wildman–Crippen MR) is 93.5 cm³/mol. The van der Waals surface area contributed by atoms with Crippen molar-refractivity contribution >= 4 is 17.0 Å². The van der Waals surface area contributed by atoms with Crippen molar-refractivity contribution < 1.29 is 4.74 Å². The van der Waals surface area contributed by atoms with E-state index in [1.807, 2.05) is 11.3 Å². The number of rotatable bonds is 7. The Labute approximate surface area is 136 Å². The summed E-state index contributed by atoms with van der Waals surface area (Å²) in [6, 6.07) is 13.1. The van der Waals surface area contributed by atoms with Gasteiger partial charge < -0.3 is 15.0 Å². The summed E-state index contributed by atoms with van der Waals surface area (Å²) < 4.78 is 5.62. The molecule has 0 aliphatic carbocycles. The van der Waals surface area contributed by atoms with Gasteiger partial charge in [0.15, 0.2) is 0 Å². The van der Waals surface area contributed by atoms with Gasteiger partial charge in [0, 0.05) is 37.3 Å². The average molecular weight is 316 g/mol. The van der Waals surface area contributed by atoms with Gasteiger partial charge in [-0.1, -0.05) is 18.2 Å². The van der Waals surface area contributed by atoms with Crippen LogP contribution in [-0.4, -0.2) is 26.3 Å². The highest BCUT2D eigenvalue weighted by atomic mass is 32.1. The smallest absolute Gasteiger partial charge is 0.0700 e. The molecule has 2 aromatic rings. The van der Waals surface area contributed by atoms with E-state index in [4.69, 9.17) is 4.74 Å². The Morgan fingerprint density at radius 3 is 2.82 bits per heavy atom. The lowest BCUT2D eigenvalue weighted by atomic mass is 10.2. The summed E-state index contributed by atoms with van der Waals surface area (Å²) in [5.41, 5.74) is 2.59. The normalized spacial score (nSPS) is 17.8. The molecular weight excluding hydrogens is 292 g/mol. The van der Waals surface area contributed by atoms with Crippen molar-refractivity contribution in [2.75, 3.05) is 25.1 Å². The second-order valence-corrected chi connectivity index (χ2v) is 6.90. The van der Waals surface area contributed by atoms with Crippen LogP contribution < -0.4 is 10.2 Å². The van der Waals surface area contributed by atoms with Gasteiger partial charge in [0.2, 0.25) is 0 Å². The Balaban J connectivity index is 1.46. The highest BCUT2D eigenvalue weighted by Crippen LogP contribution is 2.19. The van der Waals surface area contributed by atoms with Crippen molar-refractivity contribution in [3.05, 3.63) is 52.2 Å². The molecule has 1 N–H and O–H groups in total. The molecule has 1 saturated heterocycles. The third-order valence-electron chi connectivity index (χ3n) is 4.08. The first-order chi connectivity index (χ1) is 10.8. The molecule has 0 unspecified atom stereocenters. The van der Waals surface area contributed by atoms with Crippen LogP contribution in [0.25, 0.3) is 0 Å². The monoisotopic (exact) mass is 316 g/mol. The standard InChI is InChI=1S/C18H24N2OS/c1-20(14-18-5-3-11-22-18)16-8-6-15(7-9-16)12-19-13-17-4-2-10-21-17/h3,5-9,11,17,19H,2,4,10,12-14H2,1H3/t17-/m0/s1. The summed E-state index contributed by atoms with van der Waals surface area (Å²) in [6.45, 7) is 3.76. The lowest BCUT2D eigenvalue weighted by molar-refractivity contribution is 0.110. The van der Waals surface area contributed by atoms with E-state index in [-0.39, 0.29) is 0 Å². The maximum absolute atomic E-state index is 5.62. The SMILES string of the molecule is CN(Cc1cccs1)c1ccc(CNC[C@@H]2CCCO2)cc1. The topological polar surface area (TPSA) is 24.5 Å². The number of nitrogens with zero attached hydrogens (tertiary/aromatic N) is 1. The minimum atomic E-state index is 0.413. The Morgan fingerprint density at radius 1 is 1.27 bits per heavy atom. The van der Waals surface area contributed by atoms with E-state index in [1.54, 1.807) is 0 Å². The highest BCUT2D eigenvalue weighted by molar-refractivity contribution is 7.09. The number of ether oxygens (including phenoxy) is 1. The fraction of sp³-hybridized carbons (Fsp3) is 0.444. The molecule has 1 aliphatic rings. The van der Waals surface area contributed by atoms with Crippen molar-refractivity contribution in [2.24, 2.45) is 0 Å². The second kappa shape index (κ2) is 7.77. The molecule has 0 spiro atoms. The summed E-state index contributed by atoms with van der Waals surface area (Å²) >= 11 is 1.81. The molecule has 1 atom stereocenters. The number of anilines is 1.